The van der Waals surface area contributed by atoms with Crippen LogP contribution in [0.5, 0.6) is 0 Å². The SMILES string of the molecule is C=N/C=C(\C=NCCN(C)c1nc(-c2ccc(N(C)C)cc2)nc(N2CCOCC2)c1N=C)C(=O)NO.CNC. The zero-order chi connectivity index (χ0) is 29.5. The number of ether oxygens (including phenoxy) is 1. The van der Waals surface area contributed by atoms with Crippen LogP contribution >= 0.6 is 0 Å². The van der Waals surface area contributed by atoms with Crippen LogP contribution < -0.4 is 25.5 Å². The largest absolute Gasteiger partial charge is 0.378 e. The van der Waals surface area contributed by atoms with E-state index >= 15 is 0 Å². The van der Waals surface area contributed by atoms with Gasteiger partial charge in [0.15, 0.2) is 17.5 Å². The van der Waals surface area contributed by atoms with E-state index in [0.29, 0.717) is 62.5 Å². The first kappa shape index (κ1) is 32.0. The van der Waals surface area contributed by atoms with Crippen LogP contribution in [0.2, 0.25) is 0 Å². The molecule has 0 bridgehead atoms. The van der Waals surface area contributed by atoms with E-state index in [1.54, 1.807) is 5.48 Å². The number of carbonyl (C=O) groups excluding carboxylic acids is 1. The topological polar surface area (TPSA) is 143 Å². The second kappa shape index (κ2) is 16.7. The van der Waals surface area contributed by atoms with E-state index in [9.17, 15) is 4.79 Å². The van der Waals surface area contributed by atoms with Crippen molar-refractivity contribution in [2.24, 2.45) is 15.0 Å². The molecule has 1 amide bonds. The van der Waals surface area contributed by atoms with Crippen LogP contribution in [0.4, 0.5) is 23.0 Å². The number of aliphatic imine (C=N–C) groups is 3. The van der Waals surface area contributed by atoms with E-state index in [4.69, 9.17) is 19.9 Å². The molecule has 2 heterocycles. The van der Waals surface area contributed by atoms with Gasteiger partial charge in [-0.1, -0.05) is 0 Å². The number of aromatic nitrogens is 2. The molecule has 13 nitrogen and oxygen atoms in total. The van der Waals surface area contributed by atoms with Gasteiger partial charge in [-0.05, 0) is 51.8 Å². The fourth-order valence-electron chi connectivity index (χ4n) is 3.66. The molecule has 1 aliphatic rings. The summed E-state index contributed by atoms with van der Waals surface area (Å²) in [4.78, 5) is 39.7. The molecule has 1 aromatic carbocycles. The lowest BCUT2D eigenvalue weighted by Gasteiger charge is -2.30. The zero-order valence-electron chi connectivity index (χ0n) is 24.0. The number of benzene rings is 1. The van der Waals surface area contributed by atoms with E-state index in [1.165, 1.54) is 12.4 Å². The van der Waals surface area contributed by atoms with Gasteiger partial charge in [0, 0.05) is 64.4 Å². The monoisotopic (exact) mass is 552 g/mol. The summed E-state index contributed by atoms with van der Waals surface area (Å²) in [6, 6.07) is 8.04. The fraction of sp³-hybridized carbons (Fsp3) is 0.407. The smallest absolute Gasteiger partial charge is 0.277 e. The first-order valence-corrected chi connectivity index (χ1v) is 12.7. The van der Waals surface area contributed by atoms with E-state index in [2.05, 4.69) is 38.6 Å². The Kier molecular flexibility index (Phi) is 13.4. The Bertz CT molecular complexity index is 1180. The Morgan fingerprint density at radius 2 is 1.80 bits per heavy atom. The van der Waals surface area contributed by atoms with Gasteiger partial charge in [-0.3, -0.25) is 25.0 Å². The summed E-state index contributed by atoms with van der Waals surface area (Å²) in [5.41, 5.74) is 4.17. The Morgan fingerprint density at radius 3 is 2.35 bits per heavy atom. The highest BCUT2D eigenvalue weighted by molar-refractivity contribution is 6.11. The second-order valence-corrected chi connectivity index (χ2v) is 8.91. The van der Waals surface area contributed by atoms with Crippen LogP contribution in [0.3, 0.4) is 0 Å². The van der Waals surface area contributed by atoms with Gasteiger partial charge in [0.2, 0.25) is 0 Å². The van der Waals surface area contributed by atoms with Crippen molar-refractivity contribution in [1.29, 1.82) is 0 Å². The maximum atomic E-state index is 11.7. The van der Waals surface area contributed by atoms with Crippen molar-refractivity contribution in [3.05, 3.63) is 36.0 Å². The average molecular weight is 553 g/mol. The van der Waals surface area contributed by atoms with Crippen LogP contribution in [0.1, 0.15) is 0 Å². The van der Waals surface area contributed by atoms with Crippen molar-refractivity contribution < 1.29 is 14.7 Å². The molecule has 0 unspecified atom stereocenters. The molecule has 13 heteroatoms. The minimum Gasteiger partial charge on any atom is -0.378 e. The molecule has 3 rings (SSSR count). The Labute approximate surface area is 236 Å². The van der Waals surface area contributed by atoms with Gasteiger partial charge in [0.1, 0.15) is 5.69 Å². The van der Waals surface area contributed by atoms with Crippen LogP contribution in [-0.4, -0.2) is 115 Å². The molecule has 1 saturated heterocycles. The van der Waals surface area contributed by atoms with Gasteiger partial charge >= 0.3 is 0 Å². The molecule has 0 atom stereocenters. The van der Waals surface area contributed by atoms with Gasteiger partial charge < -0.3 is 24.8 Å². The number of hydroxylamine groups is 1. The highest BCUT2D eigenvalue weighted by Gasteiger charge is 2.23. The van der Waals surface area contributed by atoms with Crippen LogP contribution in [0.25, 0.3) is 11.4 Å². The highest BCUT2D eigenvalue weighted by atomic mass is 16.5. The number of nitrogens with zero attached hydrogens (tertiary/aromatic N) is 8. The number of nitrogens with one attached hydrogen (secondary N) is 2. The van der Waals surface area contributed by atoms with Gasteiger partial charge in [-0.25, -0.2) is 15.4 Å². The third-order valence-electron chi connectivity index (χ3n) is 5.71. The molecular formula is C27H40N10O3. The Balaban J connectivity index is 0.00000178. The lowest BCUT2D eigenvalue weighted by molar-refractivity contribution is -0.124. The molecule has 0 saturated carbocycles. The minimum atomic E-state index is -0.724. The van der Waals surface area contributed by atoms with Crippen molar-refractivity contribution in [2.75, 3.05) is 89.3 Å². The number of anilines is 3. The summed E-state index contributed by atoms with van der Waals surface area (Å²) in [7, 11) is 9.62. The number of hydrogen-bond donors (Lipinski definition) is 3. The highest BCUT2D eigenvalue weighted by Crippen LogP contribution is 2.37. The van der Waals surface area contributed by atoms with E-state index in [0.717, 1.165) is 11.3 Å². The Hall–Kier alpha value is -4.20. The number of carbonyl (C=O) groups is 1. The van der Waals surface area contributed by atoms with Crippen LogP contribution in [-0.2, 0) is 9.53 Å². The summed E-state index contributed by atoms with van der Waals surface area (Å²) in [6.45, 7) is 10.5. The molecule has 1 fully saturated rings. The molecule has 216 valence electrons. The van der Waals surface area contributed by atoms with E-state index in [1.807, 2.05) is 69.3 Å². The maximum absolute atomic E-state index is 11.7. The summed E-state index contributed by atoms with van der Waals surface area (Å²) in [5, 5.41) is 11.6. The van der Waals surface area contributed by atoms with E-state index < -0.39 is 5.91 Å². The molecule has 0 spiro atoms. The van der Waals surface area contributed by atoms with E-state index in [-0.39, 0.29) is 5.57 Å². The van der Waals surface area contributed by atoms with Gasteiger partial charge in [0.25, 0.3) is 5.91 Å². The minimum absolute atomic E-state index is 0.0775. The molecule has 0 aliphatic carbocycles. The predicted octanol–water partition coefficient (Wildman–Crippen LogP) is 1.81. The van der Waals surface area contributed by atoms with Crippen LogP contribution in [0, 0.1) is 0 Å². The summed E-state index contributed by atoms with van der Waals surface area (Å²) in [6.07, 6.45) is 2.54. The van der Waals surface area contributed by atoms with Crippen molar-refractivity contribution in [1.82, 2.24) is 20.8 Å². The van der Waals surface area contributed by atoms with Crippen molar-refractivity contribution >= 4 is 48.6 Å². The molecule has 40 heavy (non-hydrogen) atoms. The lowest BCUT2D eigenvalue weighted by atomic mass is 10.2. The molecule has 1 aliphatic heterocycles. The summed E-state index contributed by atoms with van der Waals surface area (Å²) < 4.78 is 5.53. The number of rotatable bonds is 11. The first-order chi connectivity index (χ1) is 19.3. The maximum Gasteiger partial charge on any atom is 0.277 e. The summed E-state index contributed by atoms with van der Waals surface area (Å²) in [5.74, 6) is 1.17. The lowest BCUT2D eigenvalue weighted by Crippen LogP contribution is -2.37. The third-order valence-corrected chi connectivity index (χ3v) is 5.71. The molecule has 0 radical (unpaired) electrons. The number of likely N-dealkylation sites (N-methyl/N-ethyl adjacent to an activating group) is 1. The number of amides is 1. The molecule has 1 aromatic heterocycles. The first-order valence-electron chi connectivity index (χ1n) is 12.7. The van der Waals surface area contributed by atoms with Gasteiger partial charge in [-0.2, -0.15) is 0 Å². The van der Waals surface area contributed by atoms with Crippen molar-refractivity contribution in [2.45, 2.75) is 0 Å². The van der Waals surface area contributed by atoms with Gasteiger partial charge in [0.05, 0.1) is 25.3 Å². The van der Waals surface area contributed by atoms with Crippen molar-refractivity contribution in [3.63, 3.8) is 0 Å². The van der Waals surface area contributed by atoms with Gasteiger partial charge in [-0.15, -0.1) is 0 Å². The molecule has 3 N–H and O–H groups in total. The number of morpholine rings is 1. The third kappa shape index (κ3) is 8.93. The van der Waals surface area contributed by atoms with Crippen molar-refractivity contribution in [3.8, 4) is 11.4 Å². The summed E-state index contributed by atoms with van der Waals surface area (Å²) >= 11 is 0. The number of hydrogen-bond acceptors (Lipinski definition) is 12. The average Bonchev–Trinajstić information content (AvgIpc) is 2.98. The quantitative estimate of drug-likeness (QED) is 0.165. The second-order valence-electron chi connectivity index (χ2n) is 8.91. The standard InChI is InChI=1S/C25H33N9O3.C2H7N/c1-26-16-19(25(35)31-36)17-28-10-11-33(5)23-21(27-2)24(34-12-14-37-15-13-34)30-22(29-23)18-6-8-20(9-7-18)32(3)4;1-3-2/h6-9,16-17,36H,1-2,10-15H2,3-5H3,(H,31,35);3H,1-2H3/b19-16+,28-17?;. The fourth-order valence-corrected chi connectivity index (χ4v) is 3.66. The normalized spacial score (nSPS) is 13.3. The zero-order valence-corrected chi connectivity index (χ0v) is 24.0. The predicted molar refractivity (Wildman–Crippen MR) is 163 cm³/mol. The van der Waals surface area contributed by atoms with Crippen LogP contribution in [0.15, 0.2) is 51.0 Å². The Morgan fingerprint density at radius 1 is 1.15 bits per heavy atom. The molecule has 2 aromatic rings. The molecular weight excluding hydrogens is 512 g/mol.